The van der Waals surface area contributed by atoms with Gasteiger partial charge in [0.1, 0.15) is 11.3 Å². The number of nitrogens with zero attached hydrogens (tertiary/aromatic N) is 3. The molecule has 0 radical (unpaired) electrons. The van der Waals surface area contributed by atoms with Crippen LogP contribution in [-0.2, 0) is 6.42 Å². The van der Waals surface area contributed by atoms with Crippen molar-refractivity contribution in [3.63, 3.8) is 0 Å². The topological polar surface area (TPSA) is 61.9 Å². The number of hydrogen-bond donors (Lipinski definition) is 1. The summed E-state index contributed by atoms with van der Waals surface area (Å²) in [5.74, 6) is 0.518. The van der Waals surface area contributed by atoms with E-state index < -0.39 is 0 Å². The van der Waals surface area contributed by atoms with Gasteiger partial charge in [-0.05, 0) is 55.0 Å². The number of piperidine rings is 1. The Bertz CT molecular complexity index is 843. The van der Waals surface area contributed by atoms with Crippen LogP contribution in [0, 0.1) is 5.92 Å². The number of rotatable bonds is 3. The van der Waals surface area contributed by atoms with E-state index in [0.717, 1.165) is 43.4 Å². The van der Waals surface area contributed by atoms with E-state index in [1.807, 2.05) is 35.5 Å². The molecule has 4 rings (SSSR count). The fourth-order valence-electron chi connectivity index (χ4n) is 3.50. The van der Waals surface area contributed by atoms with E-state index in [2.05, 4.69) is 21.0 Å². The van der Waals surface area contributed by atoms with Crippen LogP contribution in [0.4, 0.5) is 0 Å². The Morgan fingerprint density at radius 1 is 1.29 bits per heavy atom. The number of carbonyl (C=O) groups excluding carboxylic acids is 1. The normalized spacial score (nSPS) is 18.0. The van der Waals surface area contributed by atoms with E-state index in [0.29, 0.717) is 11.6 Å². The van der Waals surface area contributed by atoms with Crippen molar-refractivity contribution in [2.24, 2.45) is 5.92 Å². The highest BCUT2D eigenvalue weighted by molar-refractivity contribution is 5.92. The largest absolute Gasteiger partial charge is 0.346 e. The number of amides is 1. The van der Waals surface area contributed by atoms with Crippen LogP contribution in [0.25, 0.3) is 11.0 Å². The Morgan fingerprint density at radius 2 is 2.25 bits per heavy atom. The number of carbonyl (C=O) groups is 1. The lowest BCUT2D eigenvalue weighted by atomic mass is 9.91. The third kappa shape index (κ3) is 3.02. The van der Waals surface area contributed by atoms with Crippen molar-refractivity contribution in [2.75, 3.05) is 13.1 Å². The van der Waals surface area contributed by atoms with E-state index in [9.17, 15) is 4.79 Å². The van der Waals surface area contributed by atoms with Crippen molar-refractivity contribution in [1.29, 1.82) is 0 Å². The summed E-state index contributed by atoms with van der Waals surface area (Å²) in [5, 5.41) is 1.14. The van der Waals surface area contributed by atoms with Gasteiger partial charge >= 0.3 is 0 Å². The highest BCUT2D eigenvalue weighted by atomic mass is 16.2. The Kier molecular flexibility index (Phi) is 3.99. The van der Waals surface area contributed by atoms with E-state index in [1.54, 1.807) is 12.3 Å². The number of likely N-dealkylation sites (tertiary alicyclic amines) is 1. The summed E-state index contributed by atoms with van der Waals surface area (Å²) in [6, 6.07) is 9.72. The Morgan fingerprint density at radius 3 is 3.12 bits per heavy atom. The van der Waals surface area contributed by atoms with Gasteiger partial charge in [-0.15, -0.1) is 0 Å². The molecule has 5 nitrogen and oxygen atoms in total. The fraction of sp³-hybridized carbons (Fsp3) is 0.316. The molecule has 3 aromatic rings. The predicted octanol–water partition coefficient (Wildman–Crippen LogP) is 3.05. The summed E-state index contributed by atoms with van der Waals surface area (Å²) in [7, 11) is 0. The number of aromatic amines is 1. The highest BCUT2D eigenvalue weighted by Crippen LogP contribution is 2.23. The quantitative estimate of drug-likeness (QED) is 0.807. The zero-order valence-electron chi connectivity index (χ0n) is 13.5. The van der Waals surface area contributed by atoms with Gasteiger partial charge in [0.25, 0.3) is 5.91 Å². The van der Waals surface area contributed by atoms with Crippen LogP contribution >= 0.6 is 0 Å². The first-order valence-corrected chi connectivity index (χ1v) is 8.42. The smallest absolute Gasteiger partial charge is 0.272 e. The molecule has 0 spiro atoms. The number of H-pyrrole nitrogens is 1. The molecule has 4 heterocycles. The Labute approximate surface area is 140 Å². The molecular formula is C19H20N4O. The summed E-state index contributed by atoms with van der Waals surface area (Å²) in [5.41, 5.74) is 2.70. The number of pyridine rings is 2. The van der Waals surface area contributed by atoms with E-state index in [1.165, 1.54) is 5.56 Å². The molecule has 1 saturated heterocycles. The molecule has 122 valence electrons. The molecule has 1 atom stereocenters. The van der Waals surface area contributed by atoms with Crippen LogP contribution in [0.2, 0.25) is 0 Å². The average molecular weight is 320 g/mol. The van der Waals surface area contributed by atoms with Gasteiger partial charge in [-0.3, -0.25) is 9.78 Å². The number of hydrogen-bond acceptors (Lipinski definition) is 3. The Hall–Kier alpha value is -2.69. The molecule has 0 saturated carbocycles. The molecule has 1 aliphatic heterocycles. The number of fused-ring (bicyclic) bond motifs is 1. The molecule has 1 fully saturated rings. The van der Waals surface area contributed by atoms with Crippen LogP contribution in [0.3, 0.4) is 0 Å². The van der Waals surface area contributed by atoms with E-state index in [-0.39, 0.29) is 5.91 Å². The second kappa shape index (κ2) is 6.43. The molecule has 1 aliphatic rings. The van der Waals surface area contributed by atoms with Gasteiger partial charge in [0, 0.05) is 37.1 Å². The van der Waals surface area contributed by atoms with E-state index >= 15 is 0 Å². The average Bonchev–Trinajstić information content (AvgIpc) is 3.10. The minimum absolute atomic E-state index is 0.0412. The van der Waals surface area contributed by atoms with Crippen LogP contribution in [0.5, 0.6) is 0 Å². The molecule has 3 aromatic heterocycles. The molecule has 0 aliphatic carbocycles. The molecule has 5 heteroatoms. The van der Waals surface area contributed by atoms with Crippen molar-refractivity contribution < 1.29 is 4.79 Å². The van der Waals surface area contributed by atoms with Gasteiger partial charge in [-0.2, -0.15) is 0 Å². The van der Waals surface area contributed by atoms with Crippen molar-refractivity contribution in [3.05, 3.63) is 60.2 Å². The molecular weight excluding hydrogens is 300 g/mol. The second-order valence-electron chi connectivity index (χ2n) is 6.44. The molecule has 24 heavy (non-hydrogen) atoms. The first kappa shape index (κ1) is 14.9. The van der Waals surface area contributed by atoms with Crippen LogP contribution in [0.1, 0.15) is 28.9 Å². The molecule has 0 bridgehead atoms. The molecule has 0 aromatic carbocycles. The first-order chi connectivity index (χ1) is 11.8. The lowest BCUT2D eigenvalue weighted by Gasteiger charge is -2.32. The summed E-state index contributed by atoms with van der Waals surface area (Å²) in [6.45, 7) is 1.61. The SMILES string of the molecule is O=C(c1ccccn1)N1CCCC(Cc2cnc3[nH]ccc3c2)C1. The van der Waals surface area contributed by atoms with Crippen molar-refractivity contribution in [1.82, 2.24) is 19.9 Å². The lowest BCUT2D eigenvalue weighted by Crippen LogP contribution is -2.40. The third-order valence-corrected chi connectivity index (χ3v) is 4.67. The van der Waals surface area contributed by atoms with Gasteiger partial charge in [0.2, 0.25) is 0 Å². The van der Waals surface area contributed by atoms with Crippen molar-refractivity contribution in [2.45, 2.75) is 19.3 Å². The summed E-state index contributed by atoms with van der Waals surface area (Å²) in [6.07, 6.45) is 8.68. The molecule has 1 amide bonds. The monoisotopic (exact) mass is 320 g/mol. The highest BCUT2D eigenvalue weighted by Gasteiger charge is 2.25. The van der Waals surface area contributed by atoms with Crippen LogP contribution in [-0.4, -0.2) is 38.8 Å². The van der Waals surface area contributed by atoms with Gasteiger partial charge in [-0.1, -0.05) is 6.07 Å². The maximum atomic E-state index is 12.6. The maximum Gasteiger partial charge on any atom is 0.272 e. The summed E-state index contributed by atoms with van der Waals surface area (Å²) < 4.78 is 0. The first-order valence-electron chi connectivity index (χ1n) is 8.42. The lowest BCUT2D eigenvalue weighted by molar-refractivity contribution is 0.0667. The van der Waals surface area contributed by atoms with Crippen molar-refractivity contribution in [3.8, 4) is 0 Å². The predicted molar refractivity (Wildman–Crippen MR) is 92.7 cm³/mol. The second-order valence-corrected chi connectivity index (χ2v) is 6.44. The van der Waals surface area contributed by atoms with Crippen molar-refractivity contribution >= 4 is 16.9 Å². The zero-order valence-corrected chi connectivity index (χ0v) is 13.5. The third-order valence-electron chi connectivity index (χ3n) is 4.67. The fourth-order valence-corrected chi connectivity index (χ4v) is 3.50. The van der Waals surface area contributed by atoms with Crippen LogP contribution < -0.4 is 0 Å². The minimum atomic E-state index is 0.0412. The van der Waals surface area contributed by atoms with Gasteiger partial charge in [0.15, 0.2) is 0 Å². The Balaban J connectivity index is 1.45. The standard InChI is InChI=1S/C19H20N4O/c24-19(17-5-1-2-7-20-17)23-9-3-4-14(13-23)10-15-11-16-6-8-21-18(16)22-12-15/h1-2,5-8,11-12,14H,3-4,9-10,13H2,(H,21,22). The minimum Gasteiger partial charge on any atom is -0.346 e. The molecule has 1 N–H and O–H groups in total. The summed E-state index contributed by atoms with van der Waals surface area (Å²) >= 11 is 0. The molecule has 1 unspecified atom stereocenters. The number of nitrogens with one attached hydrogen (secondary N) is 1. The van der Waals surface area contributed by atoms with Gasteiger partial charge in [0.05, 0.1) is 0 Å². The summed E-state index contributed by atoms with van der Waals surface area (Å²) in [4.78, 5) is 26.3. The number of aromatic nitrogens is 3. The van der Waals surface area contributed by atoms with Crippen LogP contribution in [0.15, 0.2) is 48.9 Å². The van der Waals surface area contributed by atoms with Gasteiger partial charge < -0.3 is 9.88 Å². The van der Waals surface area contributed by atoms with Gasteiger partial charge in [-0.25, -0.2) is 4.98 Å². The maximum absolute atomic E-state index is 12.6. The zero-order chi connectivity index (χ0) is 16.4. The van der Waals surface area contributed by atoms with E-state index in [4.69, 9.17) is 0 Å².